The zero-order valence-electron chi connectivity index (χ0n) is 24.4. The molecule has 0 saturated heterocycles. The molecule has 0 spiro atoms. The monoisotopic (exact) mass is 616 g/mol. The van der Waals surface area contributed by atoms with Gasteiger partial charge in [0, 0.05) is 3.57 Å². The van der Waals surface area contributed by atoms with Crippen LogP contribution < -0.4 is 0 Å². The maximum Gasteiger partial charge on any atom is 0.0130 e. The lowest BCUT2D eigenvalue weighted by molar-refractivity contribution is 0.377. The van der Waals surface area contributed by atoms with Crippen LogP contribution in [0.3, 0.4) is 0 Å². The van der Waals surface area contributed by atoms with Gasteiger partial charge in [0.1, 0.15) is 0 Å². The second-order valence-corrected chi connectivity index (χ2v) is 12.1. The summed E-state index contributed by atoms with van der Waals surface area (Å²) in [6.07, 6.45) is 34.0. The molecule has 0 heterocycles. The highest BCUT2D eigenvalue weighted by Crippen LogP contribution is 2.40. The number of allylic oxidation sites excluding steroid dienone is 19. The van der Waals surface area contributed by atoms with Gasteiger partial charge in [0.15, 0.2) is 0 Å². The summed E-state index contributed by atoms with van der Waals surface area (Å²) in [5.74, 6) is 0. The highest BCUT2D eigenvalue weighted by Gasteiger charge is 2.26. The summed E-state index contributed by atoms with van der Waals surface area (Å²) in [6, 6.07) is 8.53. The maximum absolute atomic E-state index is 2.37. The van der Waals surface area contributed by atoms with Crippen molar-refractivity contribution in [2.45, 2.75) is 67.7 Å². The Morgan fingerprint density at radius 3 is 1.68 bits per heavy atom. The fourth-order valence-corrected chi connectivity index (χ4v) is 4.73. The normalized spacial score (nSPS) is 18.4. The zero-order valence-corrected chi connectivity index (χ0v) is 26.5. The lowest BCUT2D eigenvalue weighted by Gasteiger charge is -2.32. The van der Waals surface area contributed by atoms with Crippen LogP contribution in [0.25, 0.3) is 6.08 Å². The van der Waals surface area contributed by atoms with Crippen LogP contribution in [0, 0.1) is 8.99 Å². The van der Waals surface area contributed by atoms with Gasteiger partial charge in [0.25, 0.3) is 0 Å². The summed E-state index contributed by atoms with van der Waals surface area (Å²) in [4.78, 5) is 0. The van der Waals surface area contributed by atoms with Crippen molar-refractivity contribution >= 4 is 28.7 Å². The quantitative estimate of drug-likeness (QED) is 0.181. The number of hydrogen-bond donors (Lipinski definition) is 0. The minimum atomic E-state index is 0.290. The van der Waals surface area contributed by atoms with Crippen molar-refractivity contribution in [2.24, 2.45) is 5.41 Å². The standard InChI is InChI=1S/C37H45I/c1-29(15-10-17-31(3)20-22-34-23-25-35(38)26-24-34)13-8-9-14-30(2)16-11-18-32(4)21-27-36-33(5)19-12-28-37(36,6)7/h8-11,13-18,20-27H,12,19,28H2,1-7H3/b9-8+,15-10+,16-11+,22-20+,27-21+,29-13+,30-14+,31-17+,32-18+. The highest BCUT2D eigenvalue weighted by atomic mass is 127. The summed E-state index contributed by atoms with van der Waals surface area (Å²) < 4.78 is 1.26. The SMILES string of the molecule is CC1=C(/C=C/C(C)=C/C=C/C(C)=C/C=C/C=C(C)/C=C/C=C(C)/C=C/c2ccc(I)cc2)C(C)(C)CCC1. The number of benzene rings is 1. The van der Waals surface area contributed by atoms with E-state index in [9.17, 15) is 0 Å². The molecule has 1 heteroatoms. The molecule has 0 fully saturated rings. The first-order chi connectivity index (χ1) is 18.1. The minimum absolute atomic E-state index is 0.290. The van der Waals surface area contributed by atoms with E-state index in [0.29, 0.717) is 0 Å². The van der Waals surface area contributed by atoms with Gasteiger partial charge in [-0.2, -0.15) is 0 Å². The van der Waals surface area contributed by atoms with Crippen LogP contribution >= 0.6 is 22.6 Å². The van der Waals surface area contributed by atoms with E-state index in [0.717, 1.165) is 0 Å². The van der Waals surface area contributed by atoms with Crippen molar-refractivity contribution in [3.05, 3.63) is 146 Å². The van der Waals surface area contributed by atoms with Crippen molar-refractivity contribution in [1.29, 1.82) is 0 Å². The predicted molar refractivity (Wildman–Crippen MR) is 180 cm³/mol. The molecule has 2 rings (SSSR count). The molecule has 0 nitrogen and oxygen atoms in total. The Bertz CT molecular complexity index is 1230. The number of rotatable bonds is 10. The van der Waals surface area contributed by atoms with Gasteiger partial charge >= 0.3 is 0 Å². The van der Waals surface area contributed by atoms with E-state index in [-0.39, 0.29) is 5.41 Å². The summed E-state index contributed by atoms with van der Waals surface area (Å²) in [5.41, 5.74) is 9.49. The molecule has 1 aromatic carbocycles. The molecule has 0 aliphatic heterocycles. The fraction of sp³-hybridized carbons (Fsp3) is 0.297. The minimum Gasteiger partial charge on any atom is -0.0696 e. The fourth-order valence-electron chi connectivity index (χ4n) is 4.37. The molecule has 0 N–H and O–H groups in total. The third kappa shape index (κ3) is 12.3. The summed E-state index contributed by atoms with van der Waals surface area (Å²) in [6.45, 7) is 15.6. The van der Waals surface area contributed by atoms with Crippen LogP contribution in [-0.2, 0) is 0 Å². The largest absolute Gasteiger partial charge is 0.0696 e. The van der Waals surface area contributed by atoms with Crippen molar-refractivity contribution in [3.8, 4) is 0 Å². The molecule has 1 aliphatic rings. The van der Waals surface area contributed by atoms with Gasteiger partial charge in [0.2, 0.25) is 0 Å². The molecule has 38 heavy (non-hydrogen) atoms. The Labute approximate surface area is 246 Å². The molecule has 0 saturated carbocycles. The highest BCUT2D eigenvalue weighted by molar-refractivity contribution is 14.1. The third-order valence-electron chi connectivity index (χ3n) is 6.73. The lowest BCUT2D eigenvalue weighted by Crippen LogP contribution is -2.19. The van der Waals surface area contributed by atoms with E-state index in [4.69, 9.17) is 0 Å². The van der Waals surface area contributed by atoms with Gasteiger partial charge in [-0.25, -0.2) is 0 Å². The second kappa shape index (κ2) is 16.3. The summed E-state index contributed by atoms with van der Waals surface area (Å²) >= 11 is 2.33. The van der Waals surface area contributed by atoms with Gasteiger partial charge in [-0.05, 0) is 105 Å². The van der Waals surface area contributed by atoms with E-state index >= 15 is 0 Å². The Morgan fingerprint density at radius 1 is 0.684 bits per heavy atom. The molecular weight excluding hydrogens is 571 g/mol. The molecule has 0 atom stereocenters. The molecule has 1 aliphatic carbocycles. The van der Waals surface area contributed by atoms with Gasteiger partial charge < -0.3 is 0 Å². The van der Waals surface area contributed by atoms with Gasteiger partial charge in [-0.15, -0.1) is 0 Å². The van der Waals surface area contributed by atoms with Crippen LogP contribution in [0.4, 0.5) is 0 Å². The first-order valence-corrected chi connectivity index (χ1v) is 14.7. The molecule has 0 bridgehead atoms. The van der Waals surface area contributed by atoms with Gasteiger partial charge in [0.05, 0.1) is 0 Å². The van der Waals surface area contributed by atoms with E-state index in [1.807, 2.05) is 0 Å². The average molecular weight is 617 g/mol. The third-order valence-corrected chi connectivity index (χ3v) is 7.45. The maximum atomic E-state index is 2.37. The topological polar surface area (TPSA) is 0 Å². The molecular formula is C37H45I. The first kappa shape index (κ1) is 31.6. The smallest absolute Gasteiger partial charge is 0.0130 e. The van der Waals surface area contributed by atoms with Crippen molar-refractivity contribution in [1.82, 2.24) is 0 Å². The molecule has 0 amide bonds. The molecule has 0 aromatic heterocycles. The molecule has 0 radical (unpaired) electrons. The van der Waals surface area contributed by atoms with Crippen LogP contribution in [0.2, 0.25) is 0 Å². The Hall–Kier alpha value is -2.65. The van der Waals surface area contributed by atoms with Crippen LogP contribution in [0.15, 0.2) is 137 Å². The van der Waals surface area contributed by atoms with Gasteiger partial charge in [-0.3, -0.25) is 0 Å². The number of halogens is 1. The van der Waals surface area contributed by atoms with Gasteiger partial charge in [-0.1, -0.05) is 139 Å². The zero-order chi connectivity index (χ0) is 28.0. The van der Waals surface area contributed by atoms with E-state index in [2.05, 4.69) is 180 Å². The Kier molecular flexibility index (Phi) is 13.6. The predicted octanol–water partition coefficient (Wildman–Crippen LogP) is 11.8. The lowest BCUT2D eigenvalue weighted by atomic mass is 9.72. The van der Waals surface area contributed by atoms with Crippen LogP contribution in [0.5, 0.6) is 0 Å². The molecule has 200 valence electrons. The van der Waals surface area contributed by atoms with E-state index in [1.54, 1.807) is 5.57 Å². The Balaban J connectivity index is 1.85. The average Bonchev–Trinajstić information content (AvgIpc) is 2.85. The van der Waals surface area contributed by atoms with Crippen molar-refractivity contribution < 1.29 is 0 Å². The van der Waals surface area contributed by atoms with Crippen molar-refractivity contribution in [2.75, 3.05) is 0 Å². The second-order valence-electron chi connectivity index (χ2n) is 10.9. The summed E-state index contributed by atoms with van der Waals surface area (Å²) in [7, 11) is 0. The van der Waals surface area contributed by atoms with Crippen LogP contribution in [-0.4, -0.2) is 0 Å². The van der Waals surface area contributed by atoms with E-state index in [1.165, 1.54) is 56.3 Å². The number of hydrogen-bond acceptors (Lipinski definition) is 0. The van der Waals surface area contributed by atoms with E-state index < -0.39 is 0 Å². The van der Waals surface area contributed by atoms with Crippen LogP contribution in [0.1, 0.15) is 73.3 Å². The molecule has 0 unspecified atom stereocenters. The summed E-state index contributed by atoms with van der Waals surface area (Å²) in [5, 5.41) is 0. The van der Waals surface area contributed by atoms with Crippen molar-refractivity contribution in [3.63, 3.8) is 0 Å². The Morgan fingerprint density at radius 2 is 1.16 bits per heavy atom. The first-order valence-electron chi connectivity index (χ1n) is 13.6. The molecule has 1 aromatic rings.